The first kappa shape index (κ1) is 15.0. The molecule has 0 bridgehead atoms. The number of allylic oxidation sites excluding steroid dienone is 1. The summed E-state index contributed by atoms with van der Waals surface area (Å²) in [6.45, 7) is 2.38. The number of carbonyl (C=O) groups excluding carboxylic acids is 1. The van der Waals surface area contributed by atoms with E-state index < -0.39 is 5.97 Å². The maximum atomic E-state index is 11.3. The summed E-state index contributed by atoms with van der Waals surface area (Å²) in [5.74, 6) is 0.305. The molecule has 4 nitrogen and oxygen atoms in total. The van der Waals surface area contributed by atoms with Crippen molar-refractivity contribution < 1.29 is 14.3 Å². The van der Waals surface area contributed by atoms with Gasteiger partial charge in [0.1, 0.15) is 18.6 Å². The molecule has 102 valence electrons. The smallest absolute Gasteiger partial charge is 0.349 e. The molecule has 0 N–H and O–H groups in total. The van der Waals surface area contributed by atoms with Gasteiger partial charge in [-0.3, -0.25) is 0 Å². The standard InChI is InChI=1S/C15H19NO3/c1-3-4-5-6-11-19-15(17)12-16-13-7-9-14(18-2)10-8-13/h5-10,12H,3-4,11H2,1-2H3/b6-5+,16-12?. The Kier molecular flexibility index (Phi) is 7.02. The molecule has 0 aliphatic carbocycles. The second kappa shape index (κ2) is 8.91. The molecule has 0 aromatic heterocycles. The van der Waals surface area contributed by atoms with E-state index in [1.54, 1.807) is 31.4 Å². The summed E-state index contributed by atoms with van der Waals surface area (Å²) in [5.41, 5.74) is 0.680. The van der Waals surface area contributed by atoms with Crippen LogP contribution in [0.15, 0.2) is 41.4 Å². The lowest BCUT2D eigenvalue weighted by Gasteiger charge is -1.99. The van der Waals surface area contributed by atoms with Gasteiger partial charge in [-0.2, -0.15) is 0 Å². The van der Waals surface area contributed by atoms with Crippen molar-refractivity contribution in [1.29, 1.82) is 0 Å². The quantitative estimate of drug-likeness (QED) is 0.430. The van der Waals surface area contributed by atoms with Crippen molar-refractivity contribution in [3.63, 3.8) is 0 Å². The van der Waals surface area contributed by atoms with Crippen LogP contribution < -0.4 is 4.74 Å². The van der Waals surface area contributed by atoms with Crippen LogP contribution >= 0.6 is 0 Å². The summed E-state index contributed by atoms with van der Waals surface area (Å²) in [6, 6.07) is 7.10. The van der Waals surface area contributed by atoms with Gasteiger partial charge < -0.3 is 9.47 Å². The second-order valence-corrected chi connectivity index (χ2v) is 3.85. The maximum absolute atomic E-state index is 11.3. The number of ether oxygens (including phenoxy) is 2. The third-order valence-corrected chi connectivity index (χ3v) is 2.34. The van der Waals surface area contributed by atoms with Crippen molar-refractivity contribution in [3.8, 4) is 5.75 Å². The molecule has 0 fully saturated rings. The number of esters is 1. The lowest BCUT2D eigenvalue weighted by molar-refractivity contribution is -0.133. The van der Waals surface area contributed by atoms with Crippen LogP contribution in [-0.4, -0.2) is 25.9 Å². The third kappa shape index (κ3) is 6.41. The topological polar surface area (TPSA) is 47.9 Å². The number of methoxy groups -OCH3 is 1. The van der Waals surface area contributed by atoms with Gasteiger partial charge in [0.25, 0.3) is 0 Å². The van der Waals surface area contributed by atoms with E-state index in [1.165, 1.54) is 6.21 Å². The van der Waals surface area contributed by atoms with E-state index in [0.29, 0.717) is 5.69 Å². The molecule has 4 heteroatoms. The Morgan fingerprint density at radius 3 is 2.63 bits per heavy atom. The number of benzene rings is 1. The fourth-order valence-corrected chi connectivity index (χ4v) is 1.32. The Balaban J connectivity index is 2.36. The van der Waals surface area contributed by atoms with Crippen LogP contribution in [0.25, 0.3) is 0 Å². The van der Waals surface area contributed by atoms with E-state index >= 15 is 0 Å². The van der Waals surface area contributed by atoms with E-state index in [9.17, 15) is 4.79 Å². The number of nitrogens with zero attached hydrogens (tertiary/aromatic N) is 1. The monoisotopic (exact) mass is 261 g/mol. The Bertz CT molecular complexity index is 435. The van der Waals surface area contributed by atoms with Crippen molar-refractivity contribution in [2.75, 3.05) is 13.7 Å². The Morgan fingerprint density at radius 1 is 1.26 bits per heavy atom. The van der Waals surface area contributed by atoms with Crippen LogP contribution in [0.4, 0.5) is 5.69 Å². The molecule has 0 heterocycles. The first-order valence-electron chi connectivity index (χ1n) is 6.26. The molecule has 0 radical (unpaired) electrons. The van der Waals surface area contributed by atoms with Crippen molar-refractivity contribution in [2.45, 2.75) is 19.8 Å². The Hall–Kier alpha value is -2.10. The minimum atomic E-state index is -0.447. The lowest BCUT2D eigenvalue weighted by Crippen LogP contribution is -2.05. The van der Waals surface area contributed by atoms with Gasteiger partial charge in [0.2, 0.25) is 0 Å². The largest absolute Gasteiger partial charge is 0.497 e. The third-order valence-electron chi connectivity index (χ3n) is 2.34. The summed E-state index contributed by atoms with van der Waals surface area (Å²) >= 11 is 0. The molecule has 0 unspecified atom stereocenters. The molecular weight excluding hydrogens is 242 g/mol. The van der Waals surface area contributed by atoms with Crippen molar-refractivity contribution in [3.05, 3.63) is 36.4 Å². The molecule has 19 heavy (non-hydrogen) atoms. The minimum absolute atomic E-state index is 0.285. The number of rotatable bonds is 7. The van der Waals surface area contributed by atoms with Gasteiger partial charge in [0.15, 0.2) is 0 Å². The average molecular weight is 261 g/mol. The Labute approximate surface area is 113 Å². The highest BCUT2D eigenvalue weighted by atomic mass is 16.5. The van der Waals surface area contributed by atoms with Gasteiger partial charge in [-0.15, -0.1) is 0 Å². The van der Waals surface area contributed by atoms with Gasteiger partial charge in [-0.1, -0.05) is 25.5 Å². The zero-order valence-electron chi connectivity index (χ0n) is 11.3. The van der Waals surface area contributed by atoms with E-state index in [2.05, 4.69) is 11.9 Å². The molecule has 0 saturated heterocycles. The second-order valence-electron chi connectivity index (χ2n) is 3.85. The SMILES string of the molecule is CCC/C=C/COC(=O)C=Nc1ccc(OC)cc1. The van der Waals surface area contributed by atoms with Crippen LogP contribution in [0, 0.1) is 0 Å². The van der Waals surface area contributed by atoms with Crippen molar-refractivity contribution in [1.82, 2.24) is 0 Å². The molecule has 0 amide bonds. The number of carbonyl (C=O) groups is 1. The first-order valence-corrected chi connectivity index (χ1v) is 6.26. The zero-order valence-corrected chi connectivity index (χ0v) is 11.3. The van der Waals surface area contributed by atoms with E-state index in [0.717, 1.165) is 18.6 Å². The fourth-order valence-electron chi connectivity index (χ4n) is 1.32. The van der Waals surface area contributed by atoms with Crippen LogP contribution in [-0.2, 0) is 9.53 Å². The van der Waals surface area contributed by atoms with E-state index in [-0.39, 0.29) is 6.61 Å². The number of aliphatic imine (C=N–C) groups is 1. The molecule has 0 spiro atoms. The molecular formula is C15H19NO3. The zero-order chi connectivity index (χ0) is 13.9. The lowest BCUT2D eigenvalue weighted by atomic mass is 10.3. The highest BCUT2D eigenvalue weighted by molar-refractivity contribution is 6.23. The predicted molar refractivity (Wildman–Crippen MR) is 76.2 cm³/mol. The van der Waals surface area contributed by atoms with E-state index in [4.69, 9.17) is 9.47 Å². The summed E-state index contributed by atoms with van der Waals surface area (Å²) in [4.78, 5) is 15.4. The molecule has 1 aromatic rings. The Morgan fingerprint density at radius 2 is 2.00 bits per heavy atom. The number of hydrogen-bond donors (Lipinski definition) is 0. The van der Waals surface area contributed by atoms with Gasteiger partial charge in [-0.25, -0.2) is 9.79 Å². The molecule has 1 rings (SSSR count). The highest BCUT2D eigenvalue weighted by Crippen LogP contribution is 2.16. The maximum Gasteiger partial charge on any atom is 0.349 e. The number of hydrogen-bond acceptors (Lipinski definition) is 4. The molecule has 0 atom stereocenters. The van der Waals surface area contributed by atoms with Crippen molar-refractivity contribution >= 4 is 17.9 Å². The van der Waals surface area contributed by atoms with Crippen LogP contribution in [0.1, 0.15) is 19.8 Å². The first-order chi connectivity index (χ1) is 9.26. The number of unbranched alkanes of at least 4 members (excludes halogenated alkanes) is 1. The summed E-state index contributed by atoms with van der Waals surface area (Å²) < 4.78 is 9.98. The fraction of sp³-hybridized carbons (Fsp3) is 0.333. The van der Waals surface area contributed by atoms with Gasteiger partial charge in [-0.05, 0) is 30.7 Å². The van der Waals surface area contributed by atoms with Gasteiger partial charge in [0, 0.05) is 0 Å². The van der Waals surface area contributed by atoms with Crippen LogP contribution in [0.3, 0.4) is 0 Å². The van der Waals surface area contributed by atoms with E-state index in [1.807, 2.05) is 12.2 Å². The van der Waals surface area contributed by atoms with Gasteiger partial charge in [0.05, 0.1) is 12.8 Å². The summed E-state index contributed by atoms with van der Waals surface area (Å²) in [5, 5.41) is 0. The molecule has 0 aliphatic rings. The van der Waals surface area contributed by atoms with Crippen molar-refractivity contribution in [2.24, 2.45) is 4.99 Å². The molecule has 0 aliphatic heterocycles. The molecule has 0 saturated carbocycles. The minimum Gasteiger partial charge on any atom is -0.497 e. The summed E-state index contributed by atoms with van der Waals surface area (Å²) in [6.07, 6.45) is 7.09. The normalized spacial score (nSPS) is 11.1. The van der Waals surface area contributed by atoms with Crippen LogP contribution in [0.2, 0.25) is 0 Å². The molecule has 1 aromatic carbocycles. The van der Waals surface area contributed by atoms with Crippen LogP contribution in [0.5, 0.6) is 5.75 Å². The predicted octanol–water partition coefficient (Wildman–Crippen LogP) is 3.30. The highest BCUT2D eigenvalue weighted by Gasteiger charge is 1.96. The average Bonchev–Trinajstić information content (AvgIpc) is 2.45. The van der Waals surface area contributed by atoms with Gasteiger partial charge >= 0.3 is 5.97 Å². The summed E-state index contributed by atoms with van der Waals surface area (Å²) in [7, 11) is 1.60.